The number of nitrogens with one attached hydrogen (secondary N) is 1. The zero-order valence-corrected chi connectivity index (χ0v) is 21.7. The van der Waals surface area contributed by atoms with E-state index >= 15 is 0 Å². The first-order valence-corrected chi connectivity index (χ1v) is 13.7. The number of anilines is 2. The summed E-state index contributed by atoms with van der Waals surface area (Å²) in [6.07, 6.45) is 12.6. The number of carbonyl (C=O) groups excluding carboxylic acids is 2. The van der Waals surface area contributed by atoms with Crippen LogP contribution in [0.5, 0.6) is 0 Å². The van der Waals surface area contributed by atoms with Crippen LogP contribution in [0.2, 0.25) is 0 Å². The molecule has 3 atom stereocenters. The van der Waals surface area contributed by atoms with Gasteiger partial charge in [-0.25, -0.2) is 9.97 Å². The highest BCUT2D eigenvalue weighted by atomic mass is 16.2. The van der Waals surface area contributed by atoms with Crippen molar-refractivity contribution in [1.82, 2.24) is 20.2 Å². The number of aromatic nitrogens is 2. The van der Waals surface area contributed by atoms with Crippen LogP contribution in [0.25, 0.3) is 0 Å². The molecule has 7 nitrogen and oxygen atoms in total. The molecule has 5 rings (SSSR count). The van der Waals surface area contributed by atoms with E-state index in [1.54, 1.807) is 0 Å². The molecule has 0 radical (unpaired) electrons. The monoisotopic (exact) mass is 489 g/mol. The number of fused-ring (bicyclic) bond motifs is 1. The summed E-state index contributed by atoms with van der Waals surface area (Å²) < 4.78 is 0. The minimum absolute atomic E-state index is 0.0352. The number of rotatable bonds is 8. The van der Waals surface area contributed by atoms with Crippen molar-refractivity contribution in [1.29, 1.82) is 0 Å². The number of likely N-dealkylation sites (tertiary alicyclic amines) is 1. The molecule has 0 bridgehead atoms. The lowest BCUT2D eigenvalue weighted by atomic mass is 9.76. The molecule has 36 heavy (non-hydrogen) atoms. The molecule has 4 heterocycles. The molecule has 1 N–H and O–H groups in total. The van der Waals surface area contributed by atoms with Crippen LogP contribution in [0.15, 0.2) is 36.7 Å². The lowest BCUT2D eigenvalue weighted by Gasteiger charge is -2.35. The van der Waals surface area contributed by atoms with Crippen molar-refractivity contribution < 1.29 is 9.59 Å². The fourth-order valence-electron chi connectivity index (χ4n) is 6.36. The number of likely N-dealkylation sites (N-methyl/N-ethyl adjacent to an activating group) is 1. The van der Waals surface area contributed by atoms with Crippen LogP contribution in [0.4, 0.5) is 11.6 Å². The van der Waals surface area contributed by atoms with Crippen molar-refractivity contribution in [2.75, 3.05) is 25.0 Å². The summed E-state index contributed by atoms with van der Waals surface area (Å²) in [6, 6.07) is 8.12. The smallest absolute Gasteiger partial charge is 0.226 e. The molecule has 0 aromatic carbocycles. The van der Waals surface area contributed by atoms with Gasteiger partial charge in [0.1, 0.15) is 17.4 Å². The first-order valence-electron chi connectivity index (χ1n) is 13.7. The maximum atomic E-state index is 14.1. The largest absolute Gasteiger partial charge is 0.335 e. The number of amides is 1. The van der Waals surface area contributed by atoms with Gasteiger partial charge in [0.05, 0.1) is 12.1 Å². The zero-order chi connectivity index (χ0) is 25.1. The predicted molar refractivity (Wildman–Crippen MR) is 141 cm³/mol. The van der Waals surface area contributed by atoms with Crippen LogP contribution in [0.3, 0.4) is 0 Å². The van der Waals surface area contributed by atoms with Crippen molar-refractivity contribution in [3.8, 4) is 0 Å². The Morgan fingerprint density at radius 2 is 1.89 bits per heavy atom. The Hall–Kier alpha value is -2.80. The van der Waals surface area contributed by atoms with Gasteiger partial charge >= 0.3 is 0 Å². The molecule has 3 unspecified atom stereocenters. The zero-order valence-electron chi connectivity index (χ0n) is 21.7. The van der Waals surface area contributed by atoms with Gasteiger partial charge in [0.15, 0.2) is 0 Å². The maximum absolute atomic E-state index is 14.1. The Morgan fingerprint density at radius 1 is 1.06 bits per heavy atom. The molecule has 1 saturated heterocycles. The highest BCUT2D eigenvalue weighted by Crippen LogP contribution is 2.40. The van der Waals surface area contributed by atoms with E-state index in [9.17, 15) is 9.59 Å². The Morgan fingerprint density at radius 3 is 2.69 bits per heavy atom. The van der Waals surface area contributed by atoms with Crippen LogP contribution in [0.1, 0.15) is 75.5 Å². The van der Waals surface area contributed by atoms with Gasteiger partial charge in [0, 0.05) is 37.8 Å². The molecular formula is C29H39N5O2. The number of hydrogen-bond acceptors (Lipinski definition) is 6. The van der Waals surface area contributed by atoms with Gasteiger partial charge < -0.3 is 15.1 Å². The summed E-state index contributed by atoms with van der Waals surface area (Å²) in [5.74, 6) is 2.28. The van der Waals surface area contributed by atoms with Gasteiger partial charge in [-0.05, 0) is 81.3 Å². The van der Waals surface area contributed by atoms with Gasteiger partial charge in [0.25, 0.3) is 0 Å². The normalized spacial score (nSPS) is 21.9. The third-order valence-electron chi connectivity index (χ3n) is 8.57. The van der Waals surface area contributed by atoms with Crippen molar-refractivity contribution >= 4 is 23.3 Å². The Bertz CT molecular complexity index is 1080. The van der Waals surface area contributed by atoms with Crippen molar-refractivity contribution in [2.45, 2.75) is 76.8 Å². The molecule has 1 saturated carbocycles. The first-order chi connectivity index (χ1) is 17.6. The number of Topliss-reactive ketones (excluding diaryl/α,β-unsaturated/α-hetero) is 1. The minimum atomic E-state index is -0.224. The summed E-state index contributed by atoms with van der Waals surface area (Å²) in [5.41, 5.74) is 2.38. The average molecular weight is 490 g/mol. The standard InChI is InChI=1S/C29H39N5O2/c1-20(30-2)26(35)19-24(21-8-4-3-5-9-21)29(36)33-16-7-11-25(33)23-12-15-31-27(18-23)34-17-13-22-10-6-14-32-28(22)34/h6,10,12,14-15,18,20-21,24-25,30H,3-5,7-9,11,13,16-17,19H2,1-2H3. The van der Waals surface area contributed by atoms with Crippen LogP contribution in [0, 0.1) is 11.8 Å². The molecule has 2 aromatic rings. The second kappa shape index (κ2) is 11.1. The van der Waals surface area contributed by atoms with E-state index in [2.05, 4.69) is 43.3 Å². The molecule has 0 spiro atoms. The maximum Gasteiger partial charge on any atom is 0.226 e. The van der Waals surface area contributed by atoms with Gasteiger partial charge in [-0.3, -0.25) is 9.59 Å². The van der Waals surface area contributed by atoms with Gasteiger partial charge in [0.2, 0.25) is 5.91 Å². The van der Waals surface area contributed by atoms with E-state index in [1.165, 1.54) is 12.0 Å². The van der Waals surface area contributed by atoms with Gasteiger partial charge in [-0.1, -0.05) is 25.3 Å². The summed E-state index contributed by atoms with van der Waals surface area (Å²) in [6.45, 7) is 3.52. The van der Waals surface area contributed by atoms with E-state index in [0.717, 1.165) is 75.2 Å². The van der Waals surface area contributed by atoms with E-state index in [4.69, 9.17) is 0 Å². The molecule has 7 heteroatoms. The number of pyridine rings is 2. The van der Waals surface area contributed by atoms with Crippen molar-refractivity contribution in [3.05, 3.63) is 47.8 Å². The number of nitrogens with zero attached hydrogens (tertiary/aromatic N) is 4. The minimum Gasteiger partial charge on any atom is -0.335 e. The summed E-state index contributed by atoms with van der Waals surface area (Å²) in [5, 5.41) is 3.06. The Kier molecular flexibility index (Phi) is 7.65. The average Bonchev–Trinajstić information content (AvgIpc) is 3.59. The topological polar surface area (TPSA) is 78.4 Å². The first kappa shape index (κ1) is 24.9. The summed E-state index contributed by atoms with van der Waals surface area (Å²) in [4.78, 5) is 40.6. The molecule has 1 amide bonds. The Balaban J connectivity index is 1.38. The second-order valence-electron chi connectivity index (χ2n) is 10.7. The molecule has 192 valence electrons. The van der Waals surface area contributed by atoms with Gasteiger partial charge in [-0.15, -0.1) is 0 Å². The lowest BCUT2D eigenvalue weighted by Crippen LogP contribution is -2.42. The quantitative estimate of drug-likeness (QED) is 0.584. The second-order valence-corrected chi connectivity index (χ2v) is 10.7. The Labute approximate surface area is 214 Å². The number of hydrogen-bond donors (Lipinski definition) is 1. The molecular weight excluding hydrogens is 450 g/mol. The van der Waals surface area contributed by atoms with Crippen LogP contribution in [-0.2, 0) is 16.0 Å². The number of ketones is 1. The molecule has 2 fully saturated rings. The van der Waals surface area contributed by atoms with Crippen LogP contribution in [-0.4, -0.2) is 52.7 Å². The van der Waals surface area contributed by atoms with Gasteiger partial charge in [-0.2, -0.15) is 0 Å². The number of carbonyl (C=O) groups is 2. The van der Waals surface area contributed by atoms with E-state index < -0.39 is 0 Å². The van der Waals surface area contributed by atoms with E-state index in [0.29, 0.717) is 12.3 Å². The van der Waals surface area contributed by atoms with Crippen molar-refractivity contribution in [3.63, 3.8) is 0 Å². The highest BCUT2D eigenvalue weighted by molar-refractivity contribution is 5.90. The van der Waals surface area contributed by atoms with E-state index in [1.807, 2.05) is 32.4 Å². The molecule has 2 aliphatic heterocycles. The van der Waals surface area contributed by atoms with Crippen LogP contribution >= 0.6 is 0 Å². The lowest BCUT2D eigenvalue weighted by molar-refractivity contribution is -0.141. The fraction of sp³-hybridized carbons (Fsp3) is 0.586. The van der Waals surface area contributed by atoms with Crippen molar-refractivity contribution in [2.24, 2.45) is 11.8 Å². The molecule has 2 aromatic heterocycles. The van der Waals surface area contributed by atoms with E-state index in [-0.39, 0.29) is 29.7 Å². The SMILES string of the molecule is CNC(C)C(=O)CC(C(=O)N1CCCC1c1ccnc(N2CCc3cccnc32)c1)C1CCCCC1. The van der Waals surface area contributed by atoms with Crippen LogP contribution < -0.4 is 10.2 Å². The highest BCUT2D eigenvalue weighted by Gasteiger charge is 2.39. The predicted octanol–water partition coefficient (Wildman–Crippen LogP) is 4.60. The molecule has 3 aliphatic rings. The third-order valence-corrected chi connectivity index (χ3v) is 8.57. The molecule has 1 aliphatic carbocycles. The third kappa shape index (κ3) is 5.03. The fourth-order valence-corrected chi connectivity index (χ4v) is 6.36. The summed E-state index contributed by atoms with van der Waals surface area (Å²) in [7, 11) is 1.81. The summed E-state index contributed by atoms with van der Waals surface area (Å²) >= 11 is 0.